The Morgan fingerprint density at radius 2 is 1.82 bits per heavy atom. The maximum absolute atomic E-state index is 13.6. The summed E-state index contributed by atoms with van der Waals surface area (Å²) in [6.45, 7) is 11.1. The number of nitriles is 1. The van der Waals surface area contributed by atoms with Crippen LogP contribution in [0.2, 0.25) is 5.02 Å². The van der Waals surface area contributed by atoms with Crippen molar-refractivity contribution in [1.29, 1.82) is 5.26 Å². The molecule has 0 aromatic heterocycles. The molecule has 2 fully saturated rings. The van der Waals surface area contributed by atoms with Crippen molar-refractivity contribution in [2.45, 2.75) is 59.2 Å². The molecule has 2 aromatic carbocycles. The van der Waals surface area contributed by atoms with Crippen LogP contribution >= 0.6 is 11.6 Å². The van der Waals surface area contributed by atoms with Gasteiger partial charge in [-0.3, -0.25) is 4.79 Å². The van der Waals surface area contributed by atoms with E-state index in [4.69, 9.17) is 26.2 Å². The summed E-state index contributed by atoms with van der Waals surface area (Å²) in [5.74, 6) is 0.0982. The molecule has 2 aromatic rings. The van der Waals surface area contributed by atoms with E-state index in [2.05, 4.69) is 44.7 Å². The maximum Gasteiger partial charge on any atom is 0.329 e. The molecule has 212 valence electrons. The van der Waals surface area contributed by atoms with Crippen LogP contribution in [0.25, 0.3) is 0 Å². The van der Waals surface area contributed by atoms with Gasteiger partial charge in [0.25, 0.3) is 5.91 Å². The number of nitrogens with zero attached hydrogens (tertiary/aromatic N) is 3. The average molecular weight is 566 g/mol. The SMILES string of the molecule is CC1(C)[C@H](Oc2ccc(C#N)c(Cl)c2)C(C)(C)[C@H]1N1Cc2cc(N3CCC(COCC(=O)O)CC3)ccc2C1=O. The van der Waals surface area contributed by atoms with Gasteiger partial charge in [-0.2, -0.15) is 5.26 Å². The van der Waals surface area contributed by atoms with E-state index in [0.717, 1.165) is 42.7 Å². The van der Waals surface area contributed by atoms with Gasteiger partial charge in [-0.15, -0.1) is 0 Å². The molecule has 2 aliphatic heterocycles. The van der Waals surface area contributed by atoms with Crippen molar-refractivity contribution in [3.05, 3.63) is 58.1 Å². The molecule has 8 nitrogen and oxygen atoms in total. The normalized spacial score (nSPS) is 23.4. The van der Waals surface area contributed by atoms with Gasteiger partial charge < -0.3 is 24.4 Å². The molecule has 5 rings (SSSR count). The first kappa shape index (κ1) is 28.3. The predicted octanol–water partition coefficient (Wildman–Crippen LogP) is 5.37. The summed E-state index contributed by atoms with van der Waals surface area (Å²) < 4.78 is 11.7. The largest absolute Gasteiger partial charge is 0.489 e. The zero-order valence-electron chi connectivity index (χ0n) is 23.4. The van der Waals surface area contributed by atoms with E-state index in [9.17, 15) is 14.9 Å². The van der Waals surface area contributed by atoms with Crippen molar-refractivity contribution in [3.8, 4) is 11.8 Å². The molecule has 1 saturated carbocycles. The quantitative estimate of drug-likeness (QED) is 0.459. The molecule has 1 saturated heterocycles. The van der Waals surface area contributed by atoms with Gasteiger partial charge in [-0.05, 0) is 54.7 Å². The smallest absolute Gasteiger partial charge is 0.329 e. The lowest BCUT2D eigenvalue weighted by molar-refractivity contribution is -0.199. The fraction of sp³-hybridized carbons (Fsp3) is 0.516. The Bertz CT molecular complexity index is 1340. The lowest BCUT2D eigenvalue weighted by atomic mass is 9.49. The number of carboxylic acids is 1. The van der Waals surface area contributed by atoms with E-state index in [0.29, 0.717) is 35.4 Å². The number of hydrogen-bond acceptors (Lipinski definition) is 6. The summed E-state index contributed by atoms with van der Waals surface area (Å²) in [7, 11) is 0. The number of anilines is 1. The molecule has 1 N–H and O–H groups in total. The van der Waals surface area contributed by atoms with Crippen LogP contribution in [0.15, 0.2) is 36.4 Å². The lowest BCUT2D eigenvalue weighted by Gasteiger charge is -2.65. The Hall–Kier alpha value is -3.28. The zero-order chi connectivity index (χ0) is 28.8. The molecule has 3 aliphatic rings. The third-order valence-electron chi connectivity index (χ3n) is 8.87. The van der Waals surface area contributed by atoms with Gasteiger partial charge in [0.1, 0.15) is 24.5 Å². The predicted molar refractivity (Wildman–Crippen MR) is 152 cm³/mol. The van der Waals surface area contributed by atoms with Crippen molar-refractivity contribution in [3.63, 3.8) is 0 Å². The zero-order valence-corrected chi connectivity index (χ0v) is 24.2. The van der Waals surface area contributed by atoms with E-state index in [1.54, 1.807) is 18.2 Å². The minimum absolute atomic E-state index is 0.0243. The van der Waals surface area contributed by atoms with Crippen molar-refractivity contribution < 1.29 is 24.2 Å². The third-order valence-corrected chi connectivity index (χ3v) is 9.18. The highest BCUT2D eigenvalue weighted by Crippen LogP contribution is 2.59. The first-order valence-electron chi connectivity index (χ1n) is 13.8. The highest BCUT2D eigenvalue weighted by atomic mass is 35.5. The molecule has 40 heavy (non-hydrogen) atoms. The summed E-state index contributed by atoms with van der Waals surface area (Å²) >= 11 is 6.24. The van der Waals surface area contributed by atoms with Crippen LogP contribution in [-0.2, 0) is 16.1 Å². The van der Waals surface area contributed by atoms with Gasteiger partial charge in [-0.25, -0.2) is 4.79 Å². The number of fused-ring (bicyclic) bond motifs is 1. The van der Waals surface area contributed by atoms with E-state index < -0.39 is 5.97 Å². The number of benzene rings is 2. The number of halogens is 1. The van der Waals surface area contributed by atoms with Gasteiger partial charge in [0.05, 0.1) is 17.2 Å². The van der Waals surface area contributed by atoms with Crippen molar-refractivity contribution in [2.24, 2.45) is 16.7 Å². The second-order valence-corrected chi connectivity index (χ2v) is 12.8. The number of rotatable bonds is 8. The molecule has 1 amide bonds. The summed E-state index contributed by atoms with van der Waals surface area (Å²) in [6.07, 6.45) is 1.73. The molecule has 0 atom stereocenters. The molecule has 2 heterocycles. The van der Waals surface area contributed by atoms with Crippen LogP contribution in [0.3, 0.4) is 0 Å². The molecule has 0 spiro atoms. The van der Waals surface area contributed by atoms with E-state index >= 15 is 0 Å². The first-order valence-corrected chi connectivity index (χ1v) is 14.2. The van der Waals surface area contributed by atoms with E-state index in [-0.39, 0.29) is 35.5 Å². The number of aliphatic carboxylic acids is 1. The number of hydrogen-bond donors (Lipinski definition) is 1. The number of carbonyl (C=O) groups is 2. The van der Waals surface area contributed by atoms with Crippen LogP contribution in [0.4, 0.5) is 5.69 Å². The number of ether oxygens (including phenoxy) is 2. The molecular weight excluding hydrogens is 530 g/mol. The van der Waals surface area contributed by atoms with Crippen LogP contribution in [0.5, 0.6) is 5.75 Å². The summed E-state index contributed by atoms with van der Waals surface area (Å²) in [5, 5.41) is 18.3. The minimum Gasteiger partial charge on any atom is -0.489 e. The highest BCUT2D eigenvalue weighted by Gasteiger charge is 2.67. The van der Waals surface area contributed by atoms with Gasteiger partial charge in [-0.1, -0.05) is 39.3 Å². The van der Waals surface area contributed by atoms with Crippen molar-refractivity contribution in [2.75, 3.05) is 31.2 Å². The number of amides is 1. The van der Waals surface area contributed by atoms with Gasteiger partial charge >= 0.3 is 5.97 Å². The highest BCUT2D eigenvalue weighted by molar-refractivity contribution is 6.31. The Morgan fingerprint density at radius 3 is 2.45 bits per heavy atom. The molecule has 0 bridgehead atoms. The van der Waals surface area contributed by atoms with Crippen LogP contribution in [0, 0.1) is 28.1 Å². The number of carboxylic acid groups (broad SMARTS) is 1. The summed E-state index contributed by atoms with van der Waals surface area (Å²) in [4.78, 5) is 28.7. The Kier molecular flexibility index (Phi) is 7.49. The van der Waals surface area contributed by atoms with E-state index in [1.165, 1.54) is 0 Å². The summed E-state index contributed by atoms with van der Waals surface area (Å²) in [5.41, 5.74) is 2.71. The Balaban J connectivity index is 1.25. The Labute approximate surface area is 240 Å². The fourth-order valence-corrected chi connectivity index (χ4v) is 7.63. The number of piperidine rings is 1. The second kappa shape index (κ2) is 10.6. The van der Waals surface area contributed by atoms with Gasteiger partial charge in [0.2, 0.25) is 0 Å². The maximum atomic E-state index is 13.6. The van der Waals surface area contributed by atoms with Gasteiger partial charge in [0, 0.05) is 53.8 Å². The summed E-state index contributed by atoms with van der Waals surface area (Å²) in [6, 6.07) is 13.3. The third kappa shape index (κ3) is 5.02. The lowest BCUT2D eigenvalue weighted by Crippen LogP contribution is -2.74. The minimum atomic E-state index is -0.938. The topological polar surface area (TPSA) is 103 Å². The molecule has 1 aliphatic carbocycles. The molecular formula is C31H36ClN3O5. The number of carbonyl (C=O) groups excluding carboxylic acids is 1. The molecule has 0 radical (unpaired) electrons. The monoisotopic (exact) mass is 565 g/mol. The molecule has 9 heteroatoms. The fourth-order valence-electron chi connectivity index (χ4n) is 7.42. The average Bonchev–Trinajstić information content (AvgIpc) is 3.21. The van der Waals surface area contributed by atoms with Crippen molar-refractivity contribution >= 4 is 29.2 Å². The van der Waals surface area contributed by atoms with Crippen LogP contribution in [0.1, 0.15) is 62.0 Å². The van der Waals surface area contributed by atoms with Crippen LogP contribution < -0.4 is 9.64 Å². The van der Waals surface area contributed by atoms with Gasteiger partial charge in [0.15, 0.2) is 0 Å². The Morgan fingerprint density at radius 1 is 1.12 bits per heavy atom. The second-order valence-electron chi connectivity index (χ2n) is 12.4. The van der Waals surface area contributed by atoms with E-state index in [1.807, 2.05) is 17.0 Å². The standard InChI is InChI=1S/C31H36ClN3O5/c1-30(2)28(31(3,4)29(30)40-23-7-5-20(15-33)25(32)14-23)35-16-21-13-22(6-8-24(21)27(35)38)34-11-9-19(10-12-34)17-39-18-26(36)37/h5-8,13-14,19,28-29H,9-12,16-18H2,1-4H3,(H,36,37)/t28-,29-. The molecule has 0 unspecified atom stereocenters. The first-order chi connectivity index (χ1) is 18.9. The van der Waals surface area contributed by atoms with Crippen molar-refractivity contribution in [1.82, 2.24) is 4.90 Å². The van der Waals surface area contributed by atoms with Crippen LogP contribution in [-0.4, -0.2) is 60.3 Å².